The number of esters is 3. The number of ether oxygens (including phenoxy) is 3. The first-order valence-corrected chi connectivity index (χ1v) is 13.2. The lowest BCUT2D eigenvalue weighted by Crippen LogP contribution is -2.69. The minimum Gasteiger partial charge on any atom is -0.472 e. The maximum Gasteiger partial charge on any atom is 0.335 e. The number of carbonyl (C=O) groups is 4. The Morgan fingerprint density at radius 3 is 2.50 bits per heavy atom. The van der Waals surface area contributed by atoms with Crippen LogP contribution in [0.15, 0.2) is 34.2 Å². The van der Waals surface area contributed by atoms with E-state index in [2.05, 4.69) is 6.92 Å². The highest BCUT2D eigenvalue weighted by Crippen LogP contribution is 2.68. The monoisotopic (exact) mass is 528 g/mol. The third-order valence-electron chi connectivity index (χ3n) is 10.1. The molecule has 8 atom stereocenters. The van der Waals surface area contributed by atoms with E-state index in [1.807, 2.05) is 20.8 Å². The first-order valence-electron chi connectivity index (χ1n) is 13.2. The molecule has 3 fully saturated rings. The number of furan rings is 1. The van der Waals surface area contributed by atoms with Crippen molar-refractivity contribution < 1.29 is 42.9 Å². The number of aliphatic hydroxyl groups is 1. The number of carbonyl (C=O) groups excluding carboxylic acids is 4. The number of hydrogen-bond donors (Lipinski definition) is 1. The van der Waals surface area contributed by atoms with Crippen LogP contribution in [0.1, 0.15) is 72.0 Å². The molecule has 0 radical (unpaired) electrons. The average molecular weight is 529 g/mol. The second kappa shape index (κ2) is 8.79. The molecule has 5 rings (SSSR count). The molecule has 38 heavy (non-hydrogen) atoms. The molecule has 1 N–H and O–H groups in total. The van der Waals surface area contributed by atoms with Crippen LogP contribution >= 0.6 is 0 Å². The molecular formula is C29H36O9. The molecule has 206 valence electrons. The Labute approximate surface area is 221 Å². The highest BCUT2D eigenvalue weighted by Gasteiger charge is 2.70. The summed E-state index contributed by atoms with van der Waals surface area (Å²) in [6, 6.07) is 1.80. The number of aliphatic hydroxyl groups excluding tert-OH is 1. The van der Waals surface area contributed by atoms with Gasteiger partial charge in [0.15, 0.2) is 6.10 Å². The van der Waals surface area contributed by atoms with Crippen molar-refractivity contribution in [1.82, 2.24) is 0 Å². The highest BCUT2D eigenvalue weighted by molar-refractivity contribution is 5.93. The number of allylic oxidation sites excluding steroid dienone is 1. The highest BCUT2D eigenvalue weighted by atomic mass is 16.6. The number of fused-ring (bicyclic) bond motifs is 5. The third-order valence-corrected chi connectivity index (χ3v) is 10.1. The molecule has 2 heterocycles. The molecule has 9 heteroatoms. The van der Waals surface area contributed by atoms with Gasteiger partial charge in [0.2, 0.25) is 0 Å². The predicted octanol–water partition coefficient (Wildman–Crippen LogP) is 3.70. The number of ketones is 1. The lowest BCUT2D eigenvalue weighted by Gasteiger charge is -2.64. The zero-order chi connectivity index (χ0) is 27.8. The fourth-order valence-electron chi connectivity index (χ4n) is 8.57. The quantitative estimate of drug-likeness (QED) is 0.353. The summed E-state index contributed by atoms with van der Waals surface area (Å²) in [7, 11) is 1.20. The van der Waals surface area contributed by atoms with Crippen LogP contribution in [0, 0.1) is 34.0 Å². The average Bonchev–Trinajstić information content (AvgIpc) is 3.38. The molecule has 4 aliphatic rings. The van der Waals surface area contributed by atoms with Crippen LogP contribution in [-0.4, -0.2) is 48.1 Å². The Kier molecular flexibility index (Phi) is 6.17. The van der Waals surface area contributed by atoms with Crippen LogP contribution in [0.25, 0.3) is 0 Å². The van der Waals surface area contributed by atoms with Crippen molar-refractivity contribution in [2.45, 2.75) is 78.6 Å². The molecule has 1 aromatic rings. The largest absolute Gasteiger partial charge is 0.472 e. The van der Waals surface area contributed by atoms with E-state index < -0.39 is 58.3 Å². The van der Waals surface area contributed by atoms with Crippen LogP contribution in [0.4, 0.5) is 0 Å². The smallest absolute Gasteiger partial charge is 0.335 e. The number of cyclic esters (lactones) is 1. The Hall–Kier alpha value is -2.94. The molecular weight excluding hydrogens is 492 g/mol. The third kappa shape index (κ3) is 3.53. The first-order chi connectivity index (χ1) is 17.8. The van der Waals surface area contributed by atoms with Crippen molar-refractivity contribution in [1.29, 1.82) is 0 Å². The summed E-state index contributed by atoms with van der Waals surface area (Å²) in [6.07, 6.45) is 1.82. The first kappa shape index (κ1) is 26.7. The Morgan fingerprint density at radius 2 is 1.89 bits per heavy atom. The maximum atomic E-state index is 14.3. The van der Waals surface area contributed by atoms with Crippen molar-refractivity contribution in [3.05, 3.63) is 35.3 Å². The summed E-state index contributed by atoms with van der Waals surface area (Å²) in [5, 5.41) is 11.3. The second-order valence-electron chi connectivity index (χ2n) is 12.4. The van der Waals surface area contributed by atoms with E-state index in [9.17, 15) is 24.3 Å². The van der Waals surface area contributed by atoms with Crippen molar-refractivity contribution in [3.63, 3.8) is 0 Å². The van der Waals surface area contributed by atoms with Crippen molar-refractivity contribution in [2.24, 2.45) is 34.0 Å². The van der Waals surface area contributed by atoms with Crippen LogP contribution in [-0.2, 0) is 33.4 Å². The lowest BCUT2D eigenvalue weighted by molar-refractivity contribution is -0.212. The van der Waals surface area contributed by atoms with E-state index in [1.54, 1.807) is 18.6 Å². The van der Waals surface area contributed by atoms with Crippen molar-refractivity contribution in [2.75, 3.05) is 7.11 Å². The van der Waals surface area contributed by atoms with E-state index in [4.69, 9.17) is 18.6 Å². The molecule has 0 spiro atoms. The molecule has 0 aromatic carbocycles. The van der Waals surface area contributed by atoms with E-state index in [0.29, 0.717) is 19.3 Å². The van der Waals surface area contributed by atoms with Crippen LogP contribution in [0.5, 0.6) is 0 Å². The van der Waals surface area contributed by atoms with Gasteiger partial charge < -0.3 is 23.7 Å². The van der Waals surface area contributed by atoms with Gasteiger partial charge in [-0.1, -0.05) is 33.3 Å². The Morgan fingerprint density at radius 1 is 1.18 bits per heavy atom. The summed E-state index contributed by atoms with van der Waals surface area (Å²) in [4.78, 5) is 52.1. The molecule has 1 unspecified atom stereocenters. The predicted molar refractivity (Wildman–Crippen MR) is 132 cm³/mol. The van der Waals surface area contributed by atoms with Gasteiger partial charge in [-0.2, -0.15) is 0 Å². The molecule has 2 saturated carbocycles. The van der Waals surface area contributed by atoms with Crippen molar-refractivity contribution >= 4 is 23.7 Å². The topological polar surface area (TPSA) is 129 Å². The zero-order valence-electron chi connectivity index (χ0n) is 22.7. The summed E-state index contributed by atoms with van der Waals surface area (Å²) in [5.74, 6) is -3.72. The second-order valence-corrected chi connectivity index (χ2v) is 12.4. The summed E-state index contributed by atoms with van der Waals surface area (Å²) < 4.78 is 21.9. The number of hydrogen-bond acceptors (Lipinski definition) is 9. The maximum absolute atomic E-state index is 14.3. The van der Waals surface area contributed by atoms with Gasteiger partial charge in [0.1, 0.15) is 18.0 Å². The van der Waals surface area contributed by atoms with Gasteiger partial charge in [-0.3, -0.25) is 14.4 Å². The van der Waals surface area contributed by atoms with Crippen LogP contribution in [0.2, 0.25) is 0 Å². The summed E-state index contributed by atoms with van der Waals surface area (Å²) >= 11 is 0. The lowest BCUT2D eigenvalue weighted by atomic mass is 9.40. The van der Waals surface area contributed by atoms with E-state index in [-0.39, 0.29) is 24.1 Å². The fraction of sp³-hybridized carbons (Fsp3) is 0.655. The van der Waals surface area contributed by atoms with Gasteiger partial charge in [-0.15, -0.1) is 0 Å². The van der Waals surface area contributed by atoms with Crippen molar-refractivity contribution in [3.8, 4) is 0 Å². The van der Waals surface area contributed by atoms with Gasteiger partial charge in [-0.25, -0.2) is 4.79 Å². The molecule has 1 aromatic heterocycles. The fourth-order valence-corrected chi connectivity index (χ4v) is 8.57. The SMILES string of the molecule is COC(=O)[C@H](O)C1C(C)(C)[C@H](OC(C)=O)[C@H]2CC3=C4CC(=O)O[C@@H](c5ccoc5)[C@@]4(C)CC[C@@H]3[C@]1(C)C2=O. The van der Waals surface area contributed by atoms with Gasteiger partial charge >= 0.3 is 17.9 Å². The normalized spacial score (nSPS) is 38.4. The molecule has 0 amide bonds. The van der Waals surface area contributed by atoms with E-state index in [0.717, 1.165) is 16.7 Å². The number of Topliss-reactive ketones (excluding diaryl/α,β-unsaturated/α-hetero) is 1. The molecule has 3 aliphatic carbocycles. The van der Waals surface area contributed by atoms with Gasteiger partial charge in [0.05, 0.1) is 32.0 Å². The van der Waals surface area contributed by atoms with Gasteiger partial charge in [0, 0.05) is 34.7 Å². The minimum absolute atomic E-state index is 0.0967. The Bertz CT molecular complexity index is 1210. The Balaban J connectivity index is 1.72. The van der Waals surface area contributed by atoms with E-state index in [1.165, 1.54) is 14.0 Å². The molecule has 2 bridgehead atoms. The van der Waals surface area contributed by atoms with Gasteiger partial charge in [-0.05, 0) is 36.8 Å². The summed E-state index contributed by atoms with van der Waals surface area (Å²) in [6.45, 7) is 8.88. The number of methoxy groups -OCH3 is 1. The molecule has 1 aliphatic heterocycles. The number of rotatable bonds is 4. The zero-order valence-corrected chi connectivity index (χ0v) is 22.7. The molecule has 9 nitrogen and oxygen atoms in total. The van der Waals surface area contributed by atoms with Crippen LogP contribution in [0.3, 0.4) is 0 Å². The molecule has 1 saturated heterocycles. The van der Waals surface area contributed by atoms with E-state index >= 15 is 0 Å². The standard InChI is InChI=1S/C29H36O9/c1-14(30)37-25-17-11-16-18(29(5,23(17)33)22(27(25,2)3)21(32)26(34)35-6)7-9-28(4)19(16)12-20(31)38-24(28)15-8-10-36-13-15/h8,10,13,17-18,21-22,24-25,32H,7,9,11-12H2,1-6H3/t17-,18-,21+,22?,24-,25+,28-,29-/m0/s1. The van der Waals surface area contributed by atoms with Crippen LogP contribution < -0.4 is 0 Å². The summed E-state index contributed by atoms with van der Waals surface area (Å²) in [5.41, 5.74) is 0.102. The van der Waals surface area contributed by atoms with Gasteiger partial charge in [0.25, 0.3) is 0 Å². The minimum atomic E-state index is -1.60.